The van der Waals surface area contributed by atoms with Gasteiger partial charge in [-0.05, 0) is 78.9 Å². The Balaban J connectivity index is 1.29. The number of nitrogens with one attached hydrogen (secondary N) is 2. The second kappa shape index (κ2) is 10.8. The fourth-order valence-corrected chi connectivity index (χ4v) is 4.09. The van der Waals surface area contributed by atoms with Crippen LogP contribution in [0.5, 0.6) is 11.5 Å². The minimum atomic E-state index is -0.660. The summed E-state index contributed by atoms with van der Waals surface area (Å²) >= 11 is 12.2. The van der Waals surface area contributed by atoms with Crippen molar-refractivity contribution in [3.63, 3.8) is 0 Å². The Labute approximate surface area is 228 Å². The van der Waals surface area contributed by atoms with Crippen molar-refractivity contribution in [2.45, 2.75) is 0 Å². The summed E-state index contributed by atoms with van der Waals surface area (Å²) in [5.41, 5.74) is 1.58. The summed E-state index contributed by atoms with van der Waals surface area (Å²) < 4.78 is 5.77. The van der Waals surface area contributed by atoms with E-state index in [1.807, 2.05) is 30.3 Å². The van der Waals surface area contributed by atoms with E-state index in [4.69, 9.17) is 27.9 Å². The molecule has 4 aromatic rings. The van der Waals surface area contributed by atoms with Crippen LogP contribution in [0.4, 0.5) is 17.1 Å². The van der Waals surface area contributed by atoms with Crippen molar-refractivity contribution in [2.75, 3.05) is 15.5 Å². The number of hydrogen-bond acceptors (Lipinski definition) is 5. The van der Waals surface area contributed by atoms with Crippen molar-refractivity contribution >= 4 is 58.0 Å². The first-order valence-corrected chi connectivity index (χ1v) is 12.2. The van der Waals surface area contributed by atoms with Crippen molar-refractivity contribution in [1.82, 2.24) is 0 Å². The average Bonchev–Trinajstić information content (AvgIpc) is 3.14. The van der Waals surface area contributed by atoms with Gasteiger partial charge in [0.1, 0.15) is 22.2 Å². The number of benzene rings is 4. The Bertz CT molecular complexity index is 1550. The molecule has 7 nitrogen and oxygen atoms in total. The number of hydrogen-bond donors (Lipinski definition) is 2. The van der Waals surface area contributed by atoms with Crippen LogP contribution in [0.1, 0.15) is 10.4 Å². The van der Waals surface area contributed by atoms with E-state index in [0.29, 0.717) is 39.1 Å². The number of rotatable bonds is 7. The third-order valence-corrected chi connectivity index (χ3v) is 6.20. The standard InChI is InChI=1S/C29H19Cl2N3O4/c30-19-9-11-20(12-10-19)33-27(35)18-5-4-6-21(17-18)32-26-25(31)28(36)34(29(26)37)22-13-15-24(16-14-22)38-23-7-2-1-3-8-23/h1-17,32H,(H,33,35). The fraction of sp³-hybridized carbons (Fsp3) is 0. The molecule has 0 bridgehead atoms. The minimum absolute atomic E-state index is 0.0865. The number of para-hydroxylation sites is 1. The maximum atomic E-state index is 13.2. The predicted molar refractivity (Wildman–Crippen MR) is 148 cm³/mol. The van der Waals surface area contributed by atoms with Gasteiger partial charge in [0.15, 0.2) is 0 Å². The Morgan fingerprint density at radius 2 is 1.39 bits per heavy atom. The summed E-state index contributed by atoms with van der Waals surface area (Å²) in [4.78, 5) is 39.7. The van der Waals surface area contributed by atoms with E-state index in [-0.39, 0.29) is 16.6 Å². The first kappa shape index (κ1) is 25.1. The molecule has 5 rings (SSSR count). The van der Waals surface area contributed by atoms with Gasteiger partial charge in [0, 0.05) is 22.0 Å². The third kappa shape index (κ3) is 5.39. The van der Waals surface area contributed by atoms with E-state index in [1.54, 1.807) is 72.8 Å². The summed E-state index contributed by atoms with van der Waals surface area (Å²) in [6.07, 6.45) is 0. The summed E-state index contributed by atoms with van der Waals surface area (Å²) in [6, 6.07) is 28.9. The summed E-state index contributed by atoms with van der Waals surface area (Å²) in [5.74, 6) is -0.427. The van der Waals surface area contributed by atoms with E-state index in [9.17, 15) is 14.4 Å². The molecule has 0 radical (unpaired) electrons. The Morgan fingerprint density at radius 1 is 0.711 bits per heavy atom. The largest absolute Gasteiger partial charge is 0.457 e. The van der Waals surface area contributed by atoms with Gasteiger partial charge in [-0.3, -0.25) is 14.4 Å². The lowest BCUT2D eigenvalue weighted by molar-refractivity contribution is -0.120. The number of carbonyl (C=O) groups excluding carboxylic acids is 3. The lowest BCUT2D eigenvalue weighted by Crippen LogP contribution is -2.32. The first-order valence-electron chi connectivity index (χ1n) is 11.4. The van der Waals surface area contributed by atoms with Crippen LogP contribution in [0, 0.1) is 0 Å². The molecule has 3 amide bonds. The maximum Gasteiger partial charge on any atom is 0.283 e. The van der Waals surface area contributed by atoms with Gasteiger partial charge in [-0.1, -0.05) is 47.5 Å². The lowest BCUT2D eigenvalue weighted by atomic mass is 10.1. The molecule has 1 aliphatic heterocycles. The number of nitrogens with zero attached hydrogens (tertiary/aromatic N) is 1. The molecule has 9 heteroatoms. The number of amides is 3. The molecule has 0 fully saturated rings. The van der Waals surface area contributed by atoms with Gasteiger partial charge in [-0.15, -0.1) is 0 Å². The molecule has 4 aromatic carbocycles. The summed E-state index contributed by atoms with van der Waals surface area (Å²) in [7, 11) is 0. The van der Waals surface area contributed by atoms with Gasteiger partial charge in [-0.2, -0.15) is 0 Å². The van der Waals surface area contributed by atoms with Crippen LogP contribution >= 0.6 is 23.2 Å². The Morgan fingerprint density at radius 3 is 2.11 bits per heavy atom. The highest BCUT2D eigenvalue weighted by Gasteiger charge is 2.39. The van der Waals surface area contributed by atoms with Crippen molar-refractivity contribution in [2.24, 2.45) is 0 Å². The molecule has 38 heavy (non-hydrogen) atoms. The first-order chi connectivity index (χ1) is 18.4. The molecular weight excluding hydrogens is 525 g/mol. The van der Waals surface area contributed by atoms with Crippen LogP contribution in [-0.2, 0) is 9.59 Å². The summed E-state index contributed by atoms with van der Waals surface area (Å²) in [6.45, 7) is 0. The van der Waals surface area contributed by atoms with Gasteiger partial charge in [0.25, 0.3) is 17.7 Å². The molecule has 1 aliphatic rings. The molecule has 1 heterocycles. The third-order valence-electron chi connectivity index (χ3n) is 5.60. The highest BCUT2D eigenvalue weighted by molar-refractivity contribution is 6.53. The number of ether oxygens (including phenoxy) is 1. The van der Waals surface area contributed by atoms with Crippen molar-refractivity contribution < 1.29 is 19.1 Å². The van der Waals surface area contributed by atoms with Crippen LogP contribution in [0.15, 0.2) is 114 Å². The van der Waals surface area contributed by atoms with E-state index >= 15 is 0 Å². The highest BCUT2D eigenvalue weighted by Crippen LogP contribution is 2.32. The zero-order valence-electron chi connectivity index (χ0n) is 19.7. The Hall–Kier alpha value is -4.59. The quantitative estimate of drug-likeness (QED) is 0.249. The zero-order chi connectivity index (χ0) is 26.6. The lowest BCUT2D eigenvalue weighted by Gasteiger charge is -2.16. The smallest absolute Gasteiger partial charge is 0.283 e. The molecule has 0 aromatic heterocycles. The average molecular weight is 544 g/mol. The summed E-state index contributed by atoms with van der Waals surface area (Å²) in [5, 5.41) is 5.97. The molecule has 0 atom stereocenters. The molecule has 2 N–H and O–H groups in total. The van der Waals surface area contributed by atoms with Crippen molar-refractivity contribution in [1.29, 1.82) is 0 Å². The van der Waals surface area contributed by atoms with E-state index in [0.717, 1.165) is 4.90 Å². The van der Waals surface area contributed by atoms with Crippen molar-refractivity contribution in [3.05, 3.63) is 124 Å². The van der Waals surface area contributed by atoms with Gasteiger partial charge >= 0.3 is 0 Å². The van der Waals surface area contributed by atoms with Crippen LogP contribution in [0.25, 0.3) is 0 Å². The number of carbonyl (C=O) groups is 3. The predicted octanol–water partition coefficient (Wildman–Crippen LogP) is 6.82. The molecule has 188 valence electrons. The highest BCUT2D eigenvalue weighted by atomic mass is 35.5. The van der Waals surface area contributed by atoms with Gasteiger partial charge in [-0.25, -0.2) is 4.90 Å². The monoisotopic (exact) mass is 543 g/mol. The van der Waals surface area contributed by atoms with Gasteiger partial charge in [0.05, 0.1) is 5.69 Å². The molecule has 0 aliphatic carbocycles. The van der Waals surface area contributed by atoms with Crippen LogP contribution in [-0.4, -0.2) is 17.7 Å². The van der Waals surface area contributed by atoms with Crippen LogP contribution in [0.2, 0.25) is 5.02 Å². The SMILES string of the molecule is O=C(Nc1ccc(Cl)cc1)c1cccc(NC2=C(Cl)C(=O)N(c3ccc(Oc4ccccc4)cc3)C2=O)c1. The van der Waals surface area contributed by atoms with Crippen LogP contribution in [0.3, 0.4) is 0 Å². The maximum absolute atomic E-state index is 13.2. The number of halogens is 2. The molecule has 0 saturated carbocycles. The second-order valence-electron chi connectivity index (χ2n) is 8.21. The molecular formula is C29H19Cl2N3O4. The van der Waals surface area contributed by atoms with Gasteiger partial charge in [0.2, 0.25) is 0 Å². The van der Waals surface area contributed by atoms with Crippen LogP contribution < -0.4 is 20.3 Å². The minimum Gasteiger partial charge on any atom is -0.457 e. The number of anilines is 3. The van der Waals surface area contributed by atoms with Gasteiger partial charge < -0.3 is 15.4 Å². The molecule has 0 unspecified atom stereocenters. The second-order valence-corrected chi connectivity index (χ2v) is 9.02. The number of imide groups is 1. The molecule has 0 saturated heterocycles. The topological polar surface area (TPSA) is 87.7 Å². The van der Waals surface area contributed by atoms with E-state index in [1.165, 1.54) is 0 Å². The van der Waals surface area contributed by atoms with E-state index in [2.05, 4.69) is 10.6 Å². The van der Waals surface area contributed by atoms with Crippen molar-refractivity contribution in [3.8, 4) is 11.5 Å². The Kier molecular flexibility index (Phi) is 7.13. The fourth-order valence-electron chi connectivity index (χ4n) is 3.75. The van der Waals surface area contributed by atoms with E-state index < -0.39 is 11.8 Å². The zero-order valence-corrected chi connectivity index (χ0v) is 21.2. The normalized spacial score (nSPS) is 13.1. The molecule has 0 spiro atoms.